The van der Waals surface area contributed by atoms with Crippen molar-refractivity contribution in [3.8, 4) is 0 Å². The standard InChI is InChI=1S/C16H20N2/c1-13-9-11-15(12-10-13)16(17-18(2)3)14-7-5-4-6-8-14/h4-12,16-17H,1-3H3. The van der Waals surface area contributed by atoms with E-state index in [2.05, 4.69) is 60.9 Å². The lowest BCUT2D eigenvalue weighted by Gasteiger charge is -2.24. The van der Waals surface area contributed by atoms with Gasteiger partial charge in [-0.05, 0) is 18.1 Å². The van der Waals surface area contributed by atoms with E-state index in [0.29, 0.717) is 0 Å². The topological polar surface area (TPSA) is 15.3 Å². The molecule has 0 heterocycles. The molecule has 1 N–H and O–H groups in total. The highest BCUT2D eigenvalue weighted by Gasteiger charge is 2.13. The molecular weight excluding hydrogens is 220 g/mol. The van der Waals surface area contributed by atoms with Crippen molar-refractivity contribution in [3.63, 3.8) is 0 Å². The van der Waals surface area contributed by atoms with Crippen LogP contribution in [-0.2, 0) is 0 Å². The van der Waals surface area contributed by atoms with Gasteiger partial charge >= 0.3 is 0 Å². The van der Waals surface area contributed by atoms with Gasteiger partial charge in [0.2, 0.25) is 0 Å². The molecule has 1 atom stereocenters. The Bertz CT molecular complexity index is 474. The molecule has 0 saturated carbocycles. The van der Waals surface area contributed by atoms with Crippen LogP contribution < -0.4 is 5.43 Å². The summed E-state index contributed by atoms with van der Waals surface area (Å²) in [5, 5.41) is 2.00. The second kappa shape index (κ2) is 5.80. The maximum atomic E-state index is 3.47. The van der Waals surface area contributed by atoms with Gasteiger partial charge < -0.3 is 0 Å². The molecule has 0 saturated heterocycles. The first-order chi connectivity index (χ1) is 8.66. The summed E-state index contributed by atoms with van der Waals surface area (Å²) >= 11 is 0. The summed E-state index contributed by atoms with van der Waals surface area (Å²) in [6.07, 6.45) is 0. The largest absolute Gasteiger partial charge is 0.250 e. The van der Waals surface area contributed by atoms with Gasteiger partial charge in [0.15, 0.2) is 0 Å². The number of hydrogen-bond acceptors (Lipinski definition) is 2. The second-order valence-corrected chi connectivity index (χ2v) is 4.78. The molecule has 0 bridgehead atoms. The highest BCUT2D eigenvalue weighted by Crippen LogP contribution is 2.22. The molecule has 0 aliphatic rings. The maximum Gasteiger partial charge on any atom is 0.0714 e. The number of hydrazine groups is 1. The van der Waals surface area contributed by atoms with Crippen molar-refractivity contribution in [1.82, 2.24) is 10.4 Å². The normalized spacial score (nSPS) is 12.7. The molecule has 0 radical (unpaired) electrons. The zero-order valence-corrected chi connectivity index (χ0v) is 11.2. The van der Waals surface area contributed by atoms with Gasteiger partial charge in [-0.3, -0.25) is 0 Å². The molecule has 0 amide bonds. The third-order valence-corrected chi connectivity index (χ3v) is 2.93. The van der Waals surface area contributed by atoms with Crippen LogP contribution in [0.2, 0.25) is 0 Å². The molecule has 2 rings (SSSR count). The first-order valence-corrected chi connectivity index (χ1v) is 6.22. The quantitative estimate of drug-likeness (QED) is 0.826. The third-order valence-electron chi connectivity index (χ3n) is 2.93. The van der Waals surface area contributed by atoms with Gasteiger partial charge in [-0.25, -0.2) is 10.4 Å². The van der Waals surface area contributed by atoms with Gasteiger partial charge in [-0.2, -0.15) is 0 Å². The predicted octanol–water partition coefficient (Wildman–Crippen LogP) is 3.15. The Labute approximate surface area is 109 Å². The molecule has 2 nitrogen and oxygen atoms in total. The second-order valence-electron chi connectivity index (χ2n) is 4.78. The SMILES string of the molecule is Cc1ccc(C(NN(C)C)c2ccccc2)cc1. The van der Waals surface area contributed by atoms with Crippen molar-refractivity contribution >= 4 is 0 Å². The Hall–Kier alpha value is -1.64. The van der Waals surface area contributed by atoms with Crippen molar-refractivity contribution in [2.75, 3.05) is 14.1 Å². The smallest absolute Gasteiger partial charge is 0.0714 e. The first-order valence-electron chi connectivity index (χ1n) is 6.22. The third kappa shape index (κ3) is 3.19. The van der Waals surface area contributed by atoms with Crippen LogP contribution in [0.15, 0.2) is 54.6 Å². The van der Waals surface area contributed by atoms with Gasteiger partial charge in [-0.15, -0.1) is 0 Å². The van der Waals surface area contributed by atoms with Crippen LogP contribution in [0.25, 0.3) is 0 Å². The molecule has 2 aromatic rings. The Balaban J connectivity index is 2.33. The lowest BCUT2D eigenvalue weighted by molar-refractivity contribution is 0.261. The number of nitrogens with zero attached hydrogens (tertiary/aromatic N) is 1. The molecule has 2 heteroatoms. The van der Waals surface area contributed by atoms with E-state index in [9.17, 15) is 0 Å². The van der Waals surface area contributed by atoms with E-state index in [1.165, 1.54) is 16.7 Å². The molecule has 1 unspecified atom stereocenters. The number of nitrogens with one attached hydrogen (secondary N) is 1. The van der Waals surface area contributed by atoms with E-state index in [1.807, 2.05) is 25.2 Å². The molecule has 94 valence electrons. The Morgan fingerprint density at radius 1 is 0.833 bits per heavy atom. The van der Waals surface area contributed by atoms with Gasteiger partial charge in [0.25, 0.3) is 0 Å². The van der Waals surface area contributed by atoms with Gasteiger partial charge in [0.05, 0.1) is 6.04 Å². The van der Waals surface area contributed by atoms with Crippen LogP contribution in [-0.4, -0.2) is 19.1 Å². The average Bonchev–Trinajstić information content (AvgIpc) is 2.38. The highest BCUT2D eigenvalue weighted by molar-refractivity contribution is 5.33. The van der Waals surface area contributed by atoms with E-state index in [0.717, 1.165) is 0 Å². The number of rotatable bonds is 4. The average molecular weight is 240 g/mol. The summed E-state index contributed by atoms with van der Waals surface area (Å²) in [5.41, 5.74) is 7.30. The minimum Gasteiger partial charge on any atom is -0.250 e. The zero-order valence-electron chi connectivity index (χ0n) is 11.2. The van der Waals surface area contributed by atoms with Gasteiger partial charge in [0, 0.05) is 14.1 Å². The minimum absolute atomic E-state index is 0.196. The van der Waals surface area contributed by atoms with E-state index < -0.39 is 0 Å². The minimum atomic E-state index is 0.196. The van der Waals surface area contributed by atoms with Gasteiger partial charge in [0.1, 0.15) is 0 Å². The van der Waals surface area contributed by atoms with E-state index in [4.69, 9.17) is 0 Å². The van der Waals surface area contributed by atoms with Crippen molar-refractivity contribution in [2.24, 2.45) is 0 Å². The van der Waals surface area contributed by atoms with Crippen LogP contribution in [0.4, 0.5) is 0 Å². The van der Waals surface area contributed by atoms with Crippen molar-refractivity contribution in [3.05, 3.63) is 71.3 Å². The molecular formula is C16H20N2. The first kappa shape index (κ1) is 12.8. The molecule has 0 spiro atoms. The summed E-state index contributed by atoms with van der Waals surface area (Å²) in [6.45, 7) is 2.11. The molecule has 2 aromatic carbocycles. The Kier molecular flexibility index (Phi) is 4.13. The summed E-state index contributed by atoms with van der Waals surface area (Å²) in [7, 11) is 4.04. The van der Waals surface area contributed by atoms with Crippen LogP contribution in [0, 0.1) is 6.92 Å². The zero-order chi connectivity index (χ0) is 13.0. The molecule has 18 heavy (non-hydrogen) atoms. The molecule has 0 aliphatic heterocycles. The summed E-state index contributed by atoms with van der Waals surface area (Å²) in [4.78, 5) is 0. The van der Waals surface area contributed by atoms with Gasteiger partial charge in [-0.1, -0.05) is 60.2 Å². The van der Waals surface area contributed by atoms with Crippen molar-refractivity contribution in [2.45, 2.75) is 13.0 Å². The van der Waals surface area contributed by atoms with Crippen molar-refractivity contribution < 1.29 is 0 Å². The Morgan fingerprint density at radius 3 is 1.94 bits per heavy atom. The molecule has 0 aromatic heterocycles. The van der Waals surface area contributed by atoms with Crippen LogP contribution in [0.3, 0.4) is 0 Å². The fourth-order valence-electron chi connectivity index (χ4n) is 2.00. The molecule has 0 aliphatic carbocycles. The van der Waals surface area contributed by atoms with Crippen LogP contribution in [0.1, 0.15) is 22.7 Å². The Morgan fingerprint density at radius 2 is 1.39 bits per heavy atom. The predicted molar refractivity (Wildman–Crippen MR) is 76.3 cm³/mol. The van der Waals surface area contributed by atoms with E-state index >= 15 is 0 Å². The monoisotopic (exact) mass is 240 g/mol. The summed E-state index contributed by atoms with van der Waals surface area (Å²) in [5.74, 6) is 0. The molecule has 0 fully saturated rings. The van der Waals surface area contributed by atoms with E-state index in [1.54, 1.807) is 0 Å². The number of hydrogen-bond donors (Lipinski definition) is 1. The fourth-order valence-corrected chi connectivity index (χ4v) is 2.00. The number of benzene rings is 2. The van der Waals surface area contributed by atoms with Crippen LogP contribution >= 0.6 is 0 Å². The number of aryl methyl sites for hydroxylation is 1. The summed E-state index contributed by atoms with van der Waals surface area (Å²) in [6, 6.07) is 19.4. The highest BCUT2D eigenvalue weighted by atomic mass is 15.5. The van der Waals surface area contributed by atoms with Crippen molar-refractivity contribution in [1.29, 1.82) is 0 Å². The lowest BCUT2D eigenvalue weighted by Crippen LogP contribution is -2.34. The maximum absolute atomic E-state index is 3.47. The van der Waals surface area contributed by atoms with Crippen LogP contribution in [0.5, 0.6) is 0 Å². The lowest BCUT2D eigenvalue weighted by atomic mass is 9.98. The summed E-state index contributed by atoms with van der Waals surface area (Å²) < 4.78 is 0. The van der Waals surface area contributed by atoms with E-state index in [-0.39, 0.29) is 6.04 Å². The fraction of sp³-hybridized carbons (Fsp3) is 0.250.